The van der Waals surface area contributed by atoms with E-state index in [1.165, 1.54) is 8.61 Å². The molecule has 0 aromatic heterocycles. The maximum absolute atomic E-state index is 12.8. The summed E-state index contributed by atoms with van der Waals surface area (Å²) in [7, 11) is -3.54. The molecule has 2 saturated heterocycles. The molecule has 0 saturated carbocycles. The van der Waals surface area contributed by atoms with Crippen LogP contribution in [0.15, 0.2) is 24.3 Å². The average molecular weight is 388 g/mol. The Morgan fingerprint density at radius 3 is 2.48 bits per heavy atom. The van der Waals surface area contributed by atoms with Crippen LogP contribution in [0.2, 0.25) is 5.02 Å². The third-order valence-electron chi connectivity index (χ3n) is 4.49. The van der Waals surface area contributed by atoms with Gasteiger partial charge in [-0.05, 0) is 37.1 Å². The van der Waals surface area contributed by atoms with Crippen molar-refractivity contribution in [1.82, 2.24) is 8.61 Å². The smallest absolute Gasteiger partial charge is 0.282 e. The number of anilines is 1. The van der Waals surface area contributed by atoms with Crippen LogP contribution in [-0.4, -0.2) is 62.3 Å². The fourth-order valence-electron chi connectivity index (χ4n) is 3.08. The molecule has 0 aliphatic carbocycles. The summed E-state index contributed by atoms with van der Waals surface area (Å²) < 4.78 is 33.6. The minimum absolute atomic E-state index is 0.163. The lowest BCUT2D eigenvalue weighted by molar-refractivity contribution is -0.120. The van der Waals surface area contributed by atoms with Gasteiger partial charge < -0.3 is 10.1 Å². The van der Waals surface area contributed by atoms with E-state index >= 15 is 0 Å². The molecule has 1 N–H and O–H groups in total. The summed E-state index contributed by atoms with van der Waals surface area (Å²) in [5, 5.41) is 3.43. The monoisotopic (exact) mass is 387 g/mol. The first-order valence-corrected chi connectivity index (χ1v) is 10.1. The van der Waals surface area contributed by atoms with Gasteiger partial charge in [0.25, 0.3) is 10.2 Å². The predicted molar refractivity (Wildman–Crippen MR) is 95.7 cm³/mol. The van der Waals surface area contributed by atoms with Crippen LogP contribution in [0.1, 0.15) is 12.8 Å². The number of piperidine rings is 1. The number of morpholine rings is 1. The number of rotatable bonds is 4. The second kappa shape index (κ2) is 8.01. The summed E-state index contributed by atoms with van der Waals surface area (Å²) >= 11 is 5.84. The summed E-state index contributed by atoms with van der Waals surface area (Å²) in [6.07, 6.45) is 1.34. The molecule has 2 heterocycles. The highest BCUT2D eigenvalue weighted by Crippen LogP contribution is 2.23. The van der Waals surface area contributed by atoms with E-state index in [2.05, 4.69) is 5.32 Å². The molecule has 2 aliphatic rings. The molecule has 0 bridgehead atoms. The number of benzene rings is 1. The fraction of sp³-hybridized carbons (Fsp3) is 0.562. The molecular formula is C16H22ClN3O4S. The van der Waals surface area contributed by atoms with Crippen LogP contribution in [0.3, 0.4) is 0 Å². The van der Waals surface area contributed by atoms with E-state index in [9.17, 15) is 13.2 Å². The standard InChI is InChI=1S/C16H22ClN3O4S/c17-14-3-5-15(6-4-14)18-16(21)13-2-1-7-20(12-13)25(22,23)19-8-10-24-11-9-19/h3-6,13H,1-2,7-12H2,(H,18,21)/t13-/m0/s1. The Hall–Kier alpha value is -1.19. The van der Waals surface area contributed by atoms with E-state index < -0.39 is 10.2 Å². The lowest BCUT2D eigenvalue weighted by atomic mass is 9.99. The van der Waals surface area contributed by atoms with E-state index in [1.54, 1.807) is 24.3 Å². The van der Waals surface area contributed by atoms with Gasteiger partial charge in [0, 0.05) is 36.9 Å². The molecule has 2 fully saturated rings. The average Bonchev–Trinajstić information content (AvgIpc) is 2.64. The Balaban J connectivity index is 1.63. The van der Waals surface area contributed by atoms with Crippen LogP contribution in [0.4, 0.5) is 5.69 Å². The summed E-state index contributed by atoms with van der Waals surface area (Å²) in [4.78, 5) is 12.5. The highest BCUT2D eigenvalue weighted by atomic mass is 35.5. The number of hydrogen-bond acceptors (Lipinski definition) is 4. The minimum atomic E-state index is -3.54. The minimum Gasteiger partial charge on any atom is -0.379 e. The lowest BCUT2D eigenvalue weighted by Crippen LogP contribution is -2.52. The number of nitrogens with zero attached hydrogens (tertiary/aromatic N) is 2. The van der Waals surface area contributed by atoms with Gasteiger partial charge in [0.15, 0.2) is 0 Å². The van der Waals surface area contributed by atoms with E-state index in [-0.39, 0.29) is 18.4 Å². The number of halogens is 1. The maximum atomic E-state index is 12.8. The van der Waals surface area contributed by atoms with Gasteiger partial charge in [-0.3, -0.25) is 4.79 Å². The van der Waals surface area contributed by atoms with E-state index in [4.69, 9.17) is 16.3 Å². The van der Waals surface area contributed by atoms with Crippen LogP contribution in [-0.2, 0) is 19.7 Å². The van der Waals surface area contributed by atoms with Crippen molar-refractivity contribution in [2.75, 3.05) is 44.7 Å². The first kappa shape index (κ1) is 18.6. The predicted octanol–water partition coefficient (Wildman–Crippen LogP) is 1.57. The normalized spacial score (nSPS) is 23.3. The van der Waals surface area contributed by atoms with Crippen LogP contribution in [0.25, 0.3) is 0 Å². The molecule has 0 radical (unpaired) electrons. The molecule has 3 rings (SSSR count). The van der Waals surface area contributed by atoms with Crippen molar-refractivity contribution in [3.05, 3.63) is 29.3 Å². The summed E-state index contributed by atoms with van der Waals surface area (Å²) in [6.45, 7) is 2.20. The van der Waals surface area contributed by atoms with Crippen molar-refractivity contribution in [1.29, 1.82) is 0 Å². The van der Waals surface area contributed by atoms with E-state index in [0.717, 1.165) is 0 Å². The Morgan fingerprint density at radius 1 is 1.12 bits per heavy atom. The SMILES string of the molecule is O=C(Nc1ccc(Cl)cc1)[C@H]1CCCN(S(=O)(=O)N2CCOCC2)C1. The Kier molecular flexibility index (Phi) is 5.96. The molecule has 138 valence electrons. The third-order valence-corrected chi connectivity index (χ3v) is 6.74. The van der Waals surface area contributed by atoms with Crippen LogP contribution < -0.4 is 5.32 Å². The number of carbonyl (C=O) groups excluding carboxylic acids is 1. The number of nitrogens with one attached hydrogen (secondary N) is 1. The topological polar surface area (TPSA) is 79.0 Å². The molecule has 2 aliphatic heterocycles. The lowest BCUT2D eigenvalue weighted by Gasteiger charge is -2.36. The van der Waals surface area contributed by atoms with Gasteiger partial charge in [-0.15, -0.1) is 0 Å². The molecule has 7 nitrogen and oxygen atoms in total. The van der Waals surface area contributed by atoms with Gasteiger partial charge in [-0.2, -0.15) is 17.0 Å². The van der Waals surface area contributed by atoms with Crippen LogP contribution in [0, 0.1) is 5.92 Å². The molecule has 1 aromatic carbocycles. The first-order chi connectivity index (χ1) is 12.0. The number of carbonyl (C=O) groups is 1. The highest BCUT2D eigenvalue weighted by molar-refractivity contribution is 7.86. The van der Waals surface area contributed by atoms with Gasteiger partial charge in [-0.25, -0.2) is 0 Å². The Labute approximate surface area is 153 Å². The number of amides is 1. The van der Waals surface area contributed by atoms with Gasteiger partial charge in [0.2, 0.25) is 5.91 Å². The highest BCUT2D eigenvalue weighted by Gasteiger charge is 2.36. The molecular weight excluding hydrogens is 366 g/mol. The number of ether oxygens (including phenoxy) is 1. The van der Waals surface area contributed by atoms with Gasteiger partial charge >= 0.3 is 0 Å². The van der Waals surface area contributed by atoms with Gasteiger partial charge in [0.1, 0.15) is 0 Å². The van der Waals surface area contributed by atoms with Crippen LogP contribution in [0.5, 0.6) is 0 Å². The zero-order chi connectivity index (χ0) is 17.9. The maximum Gasteiger partial charge on any atom is 0.282 e. The Morgan fingerprint density at radius 2 is 1.80 bits per heavy atom. The van der Waals surface area contributed by atoms with Crippen molar-refractivity contribution in [2.24, 2.45) is 5.92 Å². The molecule has 1 atom stereocenters. The van der Waals surface area contributed by atoms with Gasteiger partial charge in [-0.1, -0.05) is 11.6 Å². The van der Waals surface area contributed by atoms with Crippen molar-refractivity contribution in [2.45, 2.75) is 12.8 Å². The van der Waals surface area contributed by atoms with E-state index in [1.807, 2.05) is 0 Å². The summed E-state index contributed by atoms with van der Waals surface area (Å²) in [6, 6.07) is 6.86. The van der Waals surface area contributed by atoms with Crippen molar-refractivity contribution >= 4 is 33.4 Å². The van der Waals surface area contributed by atoms with Crippen LogP contribution >= 0.6 is 11.6 Å². The quantitative estimate of drug-likeness (QED) is 0.850. The summed E-state index contributed by atoms with van der Waals surface area (Å²) in [5.41, 5.74) is 0.655. The molecule has 1 amide bonds. The molecule has 0 unspecified atom stereocenters. The molecule has 25 heavy (non-hydrogen) atoms. The second-order valence-electron chi connectivity index (χ2n) is 6.21. The van der Waals surface area contributed by atoms with Gasteiger partial charge in [0.05, 0.1) is 19.1 Å². The van der Waals surface area contributed by atoms with Crippen molar-refractivity contribution in [3.63, 3.8) is 0 Å². The fourth-order valence-corrected chi connectivity index (χ4v) is 4.88. The molecule has 9 heteroatoms. The zero-order valence-electron chi connectivity index (χ0n) is 13.9. The Bertz CT molecular complexity index is 705. The van der Waals surface area contributed by atoms with Crippen molar-refractivity contribution in [3.8, 4) is 0 Å². The van der Waals surface area contributed by atoms with Crippen molar-refractivity contribution < 1.29 is 17.9 Å². The molecule has 0 spiro atoms. The largest absolute Gasteiger partial charge is 0.379 e. The first-order valence-electron chi connectivity index (χ1n) is 8.36. The van der Waals surface area contributed by atoms with E-state index in [0.29, 0.717) is 56.4 Å². The third kappa shape index (κ3) is 4.51. The summed E-state index contributed by atoms with van der Waals surface area (Å²) in [5.74, 6) is -0.524. The second-order valence-corrected chi connectivity index (χ2v) is 8.58. The zero-order valence-corrected chi connectivity index (χ0v) is 15.4. The molecule has 1 aromatic rings. The number of hydrogen-bond donors (Lipinski definition) is 1.